The summed E-state index contributed by atoms with van der Waals surface area (Å²) >= 11 is 0. The van der Waals surface area contributed by atoms with Gasteiger partial charge in [-0.05, 0) is 30.7 Å². The molecule has 6 heteroatoms. The SMILES string of the molecule is CC1CCCN(S(=O)(=O)CCc2ccccc2)C1CN.Cl. The first-order valence-corrected chi connectivity index (χ1v) is 8.89. The molecule has 0 bridgehead atoms. The number of rotatable bonds is 5. The van der Waals surface area contributed by atoms with Gasteiger partial charge in [-0.1, -0.05) is 37.3 Å². The van der Waals surface area contributed by atoms with Gasteiger partial charge < -0.3 is 5.73 Å². The molecule has 0 spiro atoms. The molecule has 4 nitrogen and oxygen atoms in total. The summed E-state index contributed by atoms with van der Waals surface area (Å²) in [5.41, 5.74) is 6.84. The van der Waals surface area contributed by atoms with Crippen LogP contribution < -0.4 is 5.73 Å². The summed E-state index contributed by atoms with van der Waals surface area (Å²) in [6.45, 7) is 3.12. The smallest absolute Gasteiger partial charge is 0.214 e. The van der Waals surface area contributed by atoms with Crippen molar-refractivity contribution in [2.75, 3.05) is 18.8 Å². The lowest BCUT2D eigenvalue weighted by molar-refractivity contribution is 0.192. The Morgan fingerprint density at radius 1 is 1.29 bits per heavy atom. The second-order valence-electron chi connectivity index (χ2n) is 5.58. The van der Waals surface area contributed by atoms with E-state index >= 15 is 0 Å². The van der Waals surface area contributed by atoms with E-state index in [1.807, 2.05) is 30.3 Å². The second kappa shape index (κ2) is 8.13. The number of aryl methyl sites for hydroxylation is 1. The van der Waals surface area contributed by atoms with Gasteiger partial charge in [0.05, 0.1) is 5.75 Å². The van der Waals surface area contributed by atoms with Crippen molar-refractivity contribution in [3.63, 3.8) is 0 Å². The van der Waals surface area contributed by atoms with Crippen LogP contribution in [0, 0.1) is 5.92 Å². The number of nitrogens with two attached hydrogens (primary N) is 1. The normalized spacial score (nSPS) is 23.5. The molecule has 0 radical (unpaired) electrons. The summed E-state index contributed by atoms with van der Waals surface area (Å²) in [7, 11) is -3.22. The molecule has 1 aliphatic heterocycles. The quantitative estimate of drug-likeness (QED) is 0.897. The zero-order valence-electron chi connectivity index (χ0n) is 12.4. The van der Waals surface area contributed by atoms with Crippen molar-refractivity contribution in [3.05, 3.63) is 35.9 Å². The second-order valence-corrected chi connectivity index (χ2v) is 7.63. The van der Waals surface area contributed by atoms with E-state index in [-0.39, 0.29) is 24.2 Å². The number of nitrogens with zero attached hydrogens (tertiary/aromatic N) is 1. The molecule has 0 amide bonds. The van der Waals surface area contributed by atoms with Gasteiger partial charge in [0.2, 0.25) is 10.0 Å². The van der Waals surface area contributed by atoms with E-state index in [1.165, 1.54) is 0 Å². The maximum Gasteiger partial charge on any atom is 0.214 e. The van der Waals surface area contributed by atoms with Crippen molar-refractivity contribution in [2.45, 2.75) is 32.2 Å². The zero-order chi connectivity index (χ0) is 14.6. The number of halogens is 1. The standard InChI is InChI=1S/C15H24N2O2S.ClH/c1-13-6-5-10-17(15(13)12-16)20(18,19)11-9-14-7-3-2-4-8-14;/h2-4,7-8,13,15H,5-6,9-12,16H2,1H3;1H. The van der Waals surface area contributed by atoms with Gasteiger partial charge in [-0.15, -0.1) is 12.4 Å². The fourth-order valence-electron chi connectivity index (χ4n) is 2.92. The van der Waals surface area contributed by atoms with E-state index in [4.69, 9.17) is 5.73 Å². The number of piperidine rings is 1. The zero-order valence-corrected chi connectivity index (χ0v) is 14.1. The van der Waals surface area contributed by atoms with Crippen LogP contribution in [0.1, 0.15) is 25.3 Å². The fraction of sp³-hybridized carbons (Fsp3) is 0.600. The van der Waals surface area contributed by atoms with E-state index in [1.54, 1.807) is 4.31 Å². The number of hydrogen-bond acceptors (Lipinski definition) is 3. The molecule has 2 N–H and O–H groups in total. The minimum Gasteiger partial charge on any atom is -0.329 e. The van der Waals surface area contributed by atoms with Crippen molar-refractivity contribution in [1.82, 2.24) is 4.31 Å². The Labute approximate surface area is 134 Å². The molecular formula is C15H25ClN2O2S. The Morgan fingerprint density at radius 3 is 2.57 bits per heavy atom. The molecule has 1 heterocycles. The summed E-state index contributed by atoms with van der Waals surface area (Å²) in [5, 5.41) is 0. The molecule has 2 atom stereocenters. The fourth-order valence-corrected chi connectivity index (χ4v) is 4.76. The Balaban J connectivity index is 0.00000220. The first-order chi connectivity index (χ1) is 9.54. The molecule has 2 rings (SSSR count). The first kappa shape index (κ1) is 18.4. The van der Waals surface area contributed by atoms with Gasteiger partial charge >= 0.3 is 0 Å². The van der Waals surface area contributed by atoms with Gasteiger partial charge in [0.25, 0.3) is 0 Å². The van der Waals surface area contributed by atoms with Crippen LogP contribution in [0.4, 0.5) is 0 Å². The highest BCUT2D eigenvalue weighted by molar-refractivity contribution is 7.89. The van der Waals surface area contributed by atoms with Gasteiger partial charge in [0.1, 0.15) is 0 Å². The number of hydrogen-bond donors (Lipinski definition) is 1. The molecule has 1 saturated heterocycles. The Bertz CT molecular complexity index is 522. The van der Waals surface area contributed by atoms with Crippen molar-refractivity contribution in [3.8, 4) is 0 Å². The molecule has 1 aromatic rings. The monoisotopic (exact) mass is 332 g/mol. The summed E-state index contributed by atoms with van der Waals surface area (Å²) < 4.78 is 26.7. The van der Waals surface area contributed by atoms with Crippen LogP contribution in [0.15, 0.2) is 30.3 Å². The van der Waals surface area contributed by atoms with Gasteiger partial charge in [-0.3, -0.25) is 0 Å². The van der Waals surface area contributed by atoms with E-state index in [0.717, 1.165) is 18.4 Å². The predicted octanol–water partition coefficient (Wildman–Crippen LogP) is 2.04. The van der Waals surface area contributed by atoms with Crippen LogP contribution in [0.25, 0.3) is 0 Å². The Kier molecular flexibility index (Phi) is 7.13. The van der Waals surface area contributed by atoms with Crippen molar-refractivity contribution in [2.24, 2.45) is 11.7 Å². The van der Waals surface area contributed by atoms with Crippen molar-refractivity contribution < 1.29 is 8.42 Å². The van der Waals surface area contributed by atoms with Crippen LogP contribution in [-0.4, -0.2) is 37.6 Å². The lowest BCUT2D eigenvalue weighted by atomic mass is 9.93. The molecule has 1 aliphatic rings. The van der Waals surface area contributed by atoms with Crippen molar-refractivity contribution in [1.29, 1.82) is 0 Å². The minimum atomic E-state index is -3.22. The maximum absolute atomic E-state index is 12.5. The van der Waals surface area contributed by atoms with E-state index in [0.29, 0.717) is 25.4 Å². The molecule has 0 aliphatic carbocycles. The van der Waals surface area contributed by atoms with Crippen LogP contribution >= 0.6 is 12.4 Å². The number of sulfonamides is 1. The highest BCUT2D eigenvalue weighted by Crippen LogP contribution is 2.25. The third kappa shape index (κ3) is 4.68. The average Bonchev–Trinajstić information content (AvgIpc) is 2.46. The molecule has 0 saturated carbocycles. The summed E-state index contributed by atoms with van der Waals surface area (Å²) in [6.07, 6.45) is 2.56. The van der Waals surface area contributed by atoms with Gasteiger partial charge in [0, 0.05) is 19.1 Å². The topological polar surface area (TPSA) is 63.4 Å². The van der Waals surface area contributed by atoms with Crippen molar-refractivity contribution >= 4 is 22.4 Å². The van der Waals surface area contributed by atoms with E-state index in [2.05, 4.69) is 6.92 Å². The first-order valence-electron chi connectivity index (χ1n) is 7.28. The predicted molar refractivity (Wildman–Crippen MR) is 89.1 cm³/mol. The summed E-state index contributed by atoms with van der Waals surface area (Å²) in [5.74, 6) is 0.514. The maximum atomic E-state index is 12.5. The van der Waals surface area contributed by atoms with Gasteiger partial charge in [-0.2, -0.15) is 4.31 Å². The molecule has 0 aromatic heterocycles. The van der Waals surface area contributed by atoms with Gasteiger partial charge in [-0.25, -0.2) is 8.42 Å². The molecule has 1 aromatic carbocycles. The molecule has 1 fully saturated rings. The third-order valence-electron chi connectivity index (χ3n) is 4.16. The van der Waals surface area contributed by atoms with Crippen LogP contribution in [0.5, 0.6) is 0 Å². The molecule has 21 heavy (non-hydrogen) atoms. The Hall–Kier alpha value is -0.620. The van der Waals surface area contributed by atoms with Crippen LogP contribution in [-0.2, 0) is 16.4 Å². The molecular weight excluding hydrogens is 308 g/mol. The van der Waals surface area contributed by atoms with Crippen LogP contribution in [0.2, 0.25) is 0 Å². The summed E-state index contributed by atoms with van der Waals surface area (Å²) in [6, 6.07) is 9.71. The average molecular weight is 333 g/mol. The highest BCUT2D eigenvalue weighted by atomic mass is 35.5. The largest absolute Gasteiger partial charge is 0.329 e. The lowest BCUT2D eigenvalue weighted by Gasteiger charge is -2.38. The minimum absolute atomic E-state index is 0. The van der Waals surface area contributed by atoms with E-state index in [9.17, 15) is 8.42 Å². The lowest BCUT2D eigenvalue weighted by Crippen LogP contribution is -2.52. The Morgan fingerprint density at radius 2 is 1.95 bits per heavy atom. The third-order valence-corrected chi connectivity index (χ3v) is 6.04. The van der Waals surface area contributed by atoms with Crippen LogP contribution in [0.3, 0.4) is 0 Å². The highest BCUT2D eigenvalue weighted by Gasteiger charge is 2.34. The molecule has 120 valence electrons. The van der Waals surface area contributed by atoms with Gasteiger partial charge in [0.15, 0.2) is 0 Å². The number of benzene rings is 1. The molecule has 2 unspecified atom stereocenters. The van der Waals surface area contributed by atoms with E-state index < -0.39 is 10.0 Å². The summed E-state index contributed by atoms with van der Waals surface area (Å²) in [4.78, 5) is 0.